The Labute approximate surface area is 167 Å². The van der Waals surface area contributed by atoms with Crippen LogP contribution in [0.1, 0.15) is 50.5 Å². The van der Waals surface area contributed by atoms with Crippen LogP contribution in [0, 0.1) is 17.2 Å². The highest BCUT2D eigenvalue weighted by molar-refractivity contribution is 6.00. The van der Waals surface area contributed by atoms with Gasteiger partial charge in [0.1, 0.15) is 11.7 Å². The van der Waals surface area contributed by atoms with Crippen LogP contribution in [-0.2, 0) is 19.7 Å². The van der Waals surface area contributed by atoms with Crippen LogP contribution < -0.4 is 9.47 Å². The van der Waals surface area contributed by atoms with E-state index < -0.39 is 23.9 Å². The monoisotopic (exact) mass is 407 g/mol. The Hall–Kier alpha value is -2.69. The SMILES string of the molecule is COC(=O)C1CC(C#N)(c2ccc(OC(F)F)c(OC3CCCC3)c2)CCC1=O. The third-order valence-corrected chi connectivity index (χ3v) is 5.75. The number of nitrogens with zero attached hydrogens (tertiary/aromatic N) is 1. The lowest BCUT2D eigenvalue weighted by Gasteiger charge is -2.34. The maximum Gasteiger partial charge on any atom is 0.387 e. The second-order valence-corrected chi connectivity index (χ2v) is 7.50. The third-order valence-electron chi connectivity index (χ3n) is 5.75. The van der Waals surface area contributed by atoms with E-state index >= 15 is 0 Å². The Morgan fingerprint density at radius 1 is 1.28 bits per heavy atom. The van der Waals surface area contributed by atoms with Crippen LogP contribution in [-0.4, -0.2) is 31.6 Å². The Morgan fingerprint density at radius 2 is 2.00 bits per heavy atom. The fourth-order valence-corrected chi connectivity index (χ4v) is 4.14. The van der Waals surface area contributed by atoms with Gasteiger partial charge in [-0.05, 0) is 56.2 Å². The molecule has 2 unspecified atom stereocenters. The number of nitriles is 1. The number of hydrogen-bond donors (Lipinski definition) is 0. The van der Waals surface area contributed by atoms with Gasteiger partial charge in [0.15, 0.2) is 11.5 Å². The van der Waals surface area contributed by atoms with Gasteiger partial charge in [-0.1, -0.05) is 6.07 Å². The number of ketones is 1. The van der Waals surface area contributed by atoms with E-state index in [4.69, 9.17) is 9.47 Å². The first-order valence-electron chi connectivity index (χ1n) is 9.66. The number of esters is 1. The van der Waals surface area contributed by atoms with Crippen LogP contribution in [0.5, 0.6) is 11.5 Å². The van der Waals surface area contributed by atoms with E-state index in [0.717, 1.165) is 25.7 Å². The number of ether oxygens (including phenoxy) is 3. The van der Waals surface area contributed by atoms with Gasteiger partial charge in [0.2, 0.25) is 0 Å². The summed E-state index contributed by atoms with van der Waals surface area (Å²) in [5, 5.41) is 9.94. The average Bonchev–Trinajstić information content (AvgIpc) is 3.22. The molecule has 6 nitrogen and oxygen atoms in total. The highest BCUT2D eigenvalue weighted by Gasteiger charge is 2.45. The zero-order chi connectivity index (χ0) is 21.0. The Morgan fingerprint density at radius 3 is 2.62 bits per heavy atom. The summed E-state index contributed by atoms with van der Waals surface area (Å²) in [6.45, 7) is -3.01. The summed E-state index contributed by atoms with van der Waals surface area (Å²) in [7, 11) is 1.20. The standard InChI is InChI=1S/C21H23F2NO5/c1-27-19(26)15-11-21(12-24,9-8-16(15)25)13-6-7-17(29-20(22)23)18(10-13)28-14-4-2-3-5-14/h6-7,10,14-15,20H,2-5,8-9,11H2,1H3. The summed E-state index contributed by atoms with van der Waals surface area (Å²) in [4.78, 5) is 24.2. The van der Waals surface area contributed by atoms with Gasteiger partial charge < -0.3 is 14.2 Å². The fraction of sp³-hybridized carbons (Fsp3) is 0.571. The number of Topliss-reactive ketones (excluding diaryl/α,β-unsaturated/α-hetero) is 1. The summed E-state index contributed by atoms with van der Waals surface area (Å²) in [5.74, 6) is -1.90. The Bertz CT molecular complexity index is 808. The molecule has 2 atom stereocenters. The molecule has 2 saturated carbocycles. The number of carbonyl (C=O) groups excluding carboxylic acids is 2. The second-order valence-electron chi connectivity index (χ2n) is 7.50. The number of alkyl halides is 2. The van der Waals surface area contributed by atoms with Gasteiger partial charge in [0.25, 0.3) is 0 Å². The molecule has 0 amide bonds. The minimum absolute atomic E-state index is 0.0209. The number of rotatable bonds is 6. The molecule has 2 fully saturated rings. The zero-order valence-electron chi connectivity index (χ0n) is 16.2. The van der Waals surface area contributed by atoms with Crippen LogP contribution in [0.2, 0.25) is 0 Å². The Kier molecular flexibility index (Phi) is 6.36. The third kappa shape index (κ3) is 4.50. The molecule has 2 aliphatic carbocycles. The van der Waals surface area contributed by atoms with Gasteiger partial charge in [0.05, 0.1) is 24.7 Å². The maximum absolute atomic E-state index is 12.8. The largest absolute Gasteiger partial charge is 0.487 e. The van der Waals surface area contributed by atoms with Crippen LogP contribution in [0.25, 0.3) is 0 Å². The van der Waals surface area contributed by atoms with Crippen molar-refractivity contribution >= 4 is 11.8 Å². The first kappa shape index (κ1) is 21.0. The quantitative estimate of drug-likeness (QED) is 0.525. The number of methoxy groups -OCH3 is 1. The van der Waals surface area contributed by atoms with E-state index in [9.17, 15) is 23.6 Å². The smallest absolute Gasteiger partial charge is 0.387 e. The number of benzene rings is 1. The van der Waals surface area contributed by atoms with Crippen LogP contribution in [0.4, 0.5) is 8.78 Å². The van der Waals surface area contributed by atoms with E-state index in [2.05, 4.69) is 10.8 Å². The molecule has 0 N–H and O–H groups in total. The van der Waals surface area contributed by atoms with Crippen LogP contribution >= 0.6 is 0 Å². The molecule has 2 aliphatic rings. The first-order valence-corrected chi connectivity index (χ1v) is 9.66. The van der Waals surface area contributed by atoms with E-state index in [-0.39, 0.29) is 42.6 Å². The van der Waals surface area contributed by atoms with Gasteiger partial charge in [-0.25, -0.2) is 0 Å². The number of carbonyl (C=O) groups is 2. The molecule has 0 spiro atoms. The van der Waals surface area contributed by atoms with Gasteiger partial charge in [-0.3, -0.25) is 9.59 Å². The van der Waals surface area contributed by atoms with E-state index in [1.54, 1.807) is 0 Å². The normalized spacial score (nSPS) is 24.9. The van der Waals surface area contributed by atoms with Gasteiger partial charge in [-0.2, -0.15) is 14.0 Å². The van der Waals surface area contributed by atoms with Gasteiger partial charge in [0, 0.05) is 6.42 Å². The lowest BCUT2D eigenvalue weighted by Crippen LogP contribution is -2.40. The minimum Gasteiger partial charge on any atom is -0.487 e. The lowest BCUT2D eigenvalue weighted by molar-refractivity contribution is -0.151. The molecule has 3 rings (SSSR count). The van der Waals surface area contributed by atoms with Crippen molar-refractivity contribution in [2.75, 3.05) is 7.11 Å². The summed E-state index contributed by atoms with van der Waals surface area (Å²) >= 11 is 0. The fourth-order valence-electron chi connectivity index (χ4n) is 4.14. The minimum atomic E-state index is -3.01. The van der Waals surface area contributed by atoms with Crippen molar-refractivity contribution in [1.29, 1.82) is 5.26 Å². The molecule has 0 heterocycles. The maximum atomic E-state index is 12.8. The first-order chi connectivity index (χ1) is 13.9. The van der Waals surface area contributed by atoms with Crippen molar-refractivity contribution in [2.24, 2.45) is 5.92 Å². The van der Waals surface area contributed by atoms with Gasteiger partial charge >= 0.3 is 12.6 Å². The van der Waals surface area contributed by atoms with Crippen LogP contribution in [0.15, 0.2) is 18.2 Å². The van der Waals surface area contributed by atoms with Gasteiger partial charge in [-0.15, -0.1) is 0 Å². The molecule has 1 aromatic carbocycles. The zero-order valence-corrected chi connectivity index (χ0v) is 16.2. The molecule has 29 heavy (non-hydrogen) atoms. The van der Waals surface area contributed by atoms with Crippen molar-refractivity contribution in [3.8, 4) is 17.6 Å². The van der Waals surface area contributed by atoms with E-state index in [1.807, 2.05) is 0 Å². The molecule has 0 aromatic heterocycles. The molecule has 1 aromatic rings. The molecule has 0 saturated heterocycles. The van der Waals surface area contributed by atoms with Crippen molar-refractivity contribution in [1.82, 2.24) is 0 Å². The average molecular weight is 407 g/mol. The van der Waals surface area contributed by atoms with Crippen LogP contribution in [0.3, 0.4) is 0 Å². The molecule has 0 bridgehead atoms. The van der Waals surface area contributed by atoms with Crippen molar-refractivity contribution in [3.05, 3.63) is 23.8 Å². The summed E-state index contributed by atoms with van der Waals surface area (Å²) < 4.78 is 40.8. The molecule has 8 heteroatoms. The summed E-state index contributed by atoms with van der Waals surface area (Å²) in [5.41, 5.74) is -0.611. The predicted molar refractivity (Wildman–Crippen MR) is 97.6 cm³/mol. The van der Waals surface area contributed by atoms with E-state index in [0.29, 0.717) is 5.56 Å². The summed E-state index contributed by atoms with van der Waals surface area (Å²) in [6, 6.07) is 6.65. The second kappa shape index (κ2) is 8.76. The van der Waals surface area contributed by atoms with Crippen molar-refractivity contribution < 1.29 is 32.6 Å². The highest BCUT2D eigenvalue weighted by Crippen LogP contribution is 2.44. The Balaban J connectivity index is 1.95. The lowest BCUT2D eigenvalue weighted by atomic mass is 9.66. The molecule has 156 valence electrons. The van der Waals surface area contributed by atoms with Crippen molar-refractivity contribution in [2.45, 2.75) is 63.1 Å². The molecular formula is C21H23F2NO5. The molecular weight excluding hydrogens is 384 g/mol. The summed E-state index contributed by atoms with van der Waals surface area (Å²) in [6.07, 6.45) is 3.81. The molecule has 0 aliphatic heterocycles. The van der Waals surface area contributed by atoms with E-state index in [1.165, 1.54) is 25.3 Å². The predicted octanol–water partition coefficient (Wildman–Crippen LogP) is 3.91. The topological polar surface area (TPSA) is 85.6 Å². The van der Waals surface area contributed by atoms with Crippen molar-refractivity contribution in [3.63, 3.8) is 0 Å². The molecule has 0 radical (unpaired) electrons. The highest BCUT2D eigenvalue weighted by atomic mass is 19.3. The number of halogens is 2. The number of hydrogen-bond acceptors (Lipinski definition) is 6.